The summed E-state index contributed by atoms with van der Waals surface area (Å²) in [7, 11) is 1.30. The predicted molar refractivity (Wildman–Crippen MR) is 138 cm³/mol. The molecule has 1 unspecified atom stereocenters. The fourth-order valence-corrected chi connectivity index (χ4v) is 6.07. The van der Waals surface area contributed by atoms with Gasteiger partial charge in [-0.1, -0.05) is 6.42 Å². The third kappa shape index (κ3) is 4.96. The molecular weight excluding hydrogens is 531 g/mol. The van der Waals surface area contributed by atoms with Gasteiger partial charge in [0.2, 0.25) is 0 Å². The molecule has 214 valence electrons. The molecule has 12 heteroatoms. The normalized spacial score (nSPS) is 21.8. The first kappa shape index (κ1) is 27.8. The van der Waals surface area contributed by atoms with Crippen LogP contribution in [0.15, 0.2) is 30.3 Å². The molecule has 2 N–H and O–H groups in total. The molecule has 0 saturated heterocycles. The van der Waals surface area contributed by atoms with Gasteiger partial charge in [0.25, 0.3) is 0 Å². The van der Waals surface area contributed by atoms with E-state index in [-0.39, 0.29) is 29.9 Å². The van der Waals surface area contributed by atoms with Crippen molar-refractivity contribution in [3.63, 3.8) is 0 Å². The van der Waals surface area contributed by atoms with Gasteiger partial charge in [-0.25, -0.2) is 14.2 Å². The van der Waals surface area contributed by atoms with Gasteiger partial charge in [0.1, 0.15) is 23.5 Å². The van der Waals surface area contributed by atoms with E-state index in [1.165, 1.54) is 12.0 Å². The minimum absolute atomic E-state index is 0.0485. The Kier molecular flexibility index (Phi) is 7.63. The summed E-state index contributed by atoms with van der Waals surface area (Å²) in [6.07, 6.45) is 0.980. The number of aliphatic carboxylic acids is 1. The highest BCUT2D eigenvalue weighted by molar-refractivity contribution is 5.95. The smallest absolute Gasteiger partial charge is 0.414 e. The number of alkyl halides is 2. The average molecular weight is 562 g/mol. The Bertz CT molecular complexity index is 1440. The number of imidazole rings is 1. The molecular formula is C28H30F3N3O6. The second-order valence-corrected chi connectivity index (χ2v) is 10.3. The largest absolute Gasteiger partial charge is 0.481 e. The van der Waals surface area contributed by atoms with E-state index in [1.807, 2.05) is 6.92 Å². The molecule has 1 aliphatic carbocycles. The van der Waals surface area contributed by atoms with Crippen LogP contribution in [0.5, 0.6) is 5.75 Å². The van der Waals surface area contributed by atoms with Crippen molar-refractivity contribution in [1.82, 2.24) is 9.55 Å². The summed E-state index contributed by atoms with van der Waals surface area (Å²) in [4.78, 5) is 30.8. The maximum atomic E-state index is 14.3. The van der Waals surface area contributed by atoms with Crippen LogP contribution < -0.4 is 9.64 Å². The van der Waals surface area contributed by atoms with E-state index in [9.17, 15) is 33.0 Å². The van der Waals surface area contributed by atoms with E-state index < -0.39 is 42.3 Å². The minimum Gasteiger partial charge on any atom is -0.481 e. The van der Waals surface area contributed by atoms with Crippen LogP contribution >= 0.6 is 0 Å². The molecule has 0 radical (unpaired) electrons. The van der Waals surface area contributed by atoms with E-state index in [0.29, 0.717) is 48.8 Å². The molecule has 3 aromatic rings. The van der Waals surface area contributed by atoms with E-state index in [2.05, 4.69) is 4.74 Å². The summed E-state index contributed by atoms with van der Waals surface area (Å²) in [6, 6.07) is 5.89. The van der Waals surface area contributed by atoms with Crippen molar-refractivity contribution < 1.29 is 42.4 Å². The zero-order valence-electron chi connectivity index (χ0n) is 22.0. The number of hydrogen-bond donors (Lipinski definition) is 2. The number of amides is 1. The number of benzene rings is 2. The molecule has 2 aliphatic rings. The number of carbonyl (C=O) groups is 2. The van der Waals surface area contributed by atoms with Gasteiger partial charge in [-0.2, -0.15) is 8.78 Å². The Morgan fingerprint density at radius 3 is 2.62 bits per heavy atom. The van der Waals surface area contributed by atoms with Crippen LogP contribution in [0, 0.1) is 11.7 Å². The molecule has 0 bridgehead atoms. The van der Waals surface area contributed by atoms with Gasteiger partial charge >= 0.3 is 18.7 Å². The van der Waals surface area contributed by atoms with Crippen LogP contribution in [0.4, 0.5) is 23.7 Å². The van der Waals surface area contributed by atoms with Crippen LogP contribution in [-0.4, -0.2) is 51.6 Å². The van der Waals surface area contributed by atoms with Gasteiger partial charge in [-0.3, -0.25) is 9.69 Å². The molecule has 1 amide bonds. The SMILES string of the molecule is COC(=O)N1c2ccc3c(nc(C(O)c4cc(F)ccc4OC(F)F)n3[C@@H]3CCC[C@@H](C(=O)O)C3)c2CC[C@@H]1C. The lowest BCUT2D eigenvalue weighted by Gasteiger charge is -2.34. The van der Waals surface area contributed by atoms with Crippen LogP contribution in [0.3, 0.4) is 0 Å². The summed E-state index contributed by atoms with van der Waals surface area (Å²) in [5.74, 6) is -2.65. The molecule has 0 spiro atoms. The number of methoxy groups -OCH3 is 1. The number of aliphatic hydroxyl groups excluding tert-OH is 1. The third-order valence-electron chi connectivity index (χ3n) is 7.94. The molecule has 2 aromatic carbocycles. The number of nitrogens with zero attached hydrogens (tertiary/aromatic N) is 3. The number of carboxylic acids is 1. The summed E-state index contributed by atoms with van der Waals surface area (Å²) >= 11 is 0. The number of aromatic nitrogens is 2. The van der Waals surface area contributed by atoms with Crippen LogP contribution in [-0.2, 0) is 16.0 Å². The summed E-state index contributed by atoms with van der Waals surface area (Å²) in [5.41, 5.74) is 2.18. The van der Waals surface area contributed by atoms with Gasteiger partial charge in [0.05, 0.1) is 29.7 Å². The second-order valence-electron chi connectivity index (χ2n) is 10.3. The minimum atomic E-state index is -3.21. The van der Waals surface area contributed by atoms with Crippen molar-refractivity contribution in [3.8, 4) is 5.75 Å². The highest BCUT2D eigenvalue weighted by Gasteiger charge is 2.36. The maximum Gasteiger partial charge on any atom is 0.414 e. The lowest BCUT2D eigenvalue weighted by Crippen LogP contribution is -2.42. The Hall–Kier alpha value is -3.80. The van der Waals surface area contributed by atoms with Gasteiger partial charge in [-0.15, -0.1) is 0 Å². The first-order chi connectivity index (χ1) is 19.1. The molecule has 40 heavy (non-hydrogen) atoms. The standard InChI is InChI=1S/C28H30F3N3O6/c1-14-6-8-18-20(33(14)28(38)39-2)9-10-21-23(18)32-25(34(21)17-5-3-4-15(12-17)26(36)37)24(35)19-13-16(29)7-11-22(19)40-27(30)31/h7,9-11,13-15,17,24,27,35H,3-6,8,12H2,1-2H3,(H,36,37)/t14-,15+,17+,24?/m0/s1. The number of aryl methyl sites for hydroxylation is 1. The molecule has 2 heterocycles. The van der Waals surface area contributed by atoms with Crippen molar-refractivity contribution in [1.29, 1.82) is 0 Å². The Balaban J connectivity index is 1.71. The summed E-state index contributed by atoms with van der Waals surface area (Å²) in [6.45, 7) is -1.30. The second kappa shape index (κ2) is 11.0. The van der Waals surface area contributed by atoms with Gasteiger partial charge in [-0.05, 0) is 69.4 Å². The van der Waals surface area contributed by atoms with E-state index in [4.69, 9.17) is 9.72 Å². The van der Waals surface area contributed by atoms with Crippen LogP contribution in [0.25, 0.3) is 11.0 Å². The number of ether oxygens (including phenoxy) is 2. The number of anilines is 1. The van der Waals surface area contributed by atoms with Crippen LogP contribution in [0.2, 0.25) is 0 Å². The van der Waals surface area contributed by atoms with Gasteiger partial charge in [0.15, 0.2) is 0 Å². The molecule has 4 atom stereocenters. The van der Waals surface area contributed by atoms with Crippen molar-refractivity contribution >= 4 is 28.8 Å². The number of carboxylic acid groups (broad SMARTS) is 1. The average Bonchev–Trinajstić information content (AvgIpc) is 3.33. The Morgan fingerprint density at radius 1 is 1.15 bits per heavy atom. The molecule has 1 aromatic heterocycles. The number of halogens is 3. The molecule has 1 saturated carbocycles. The number of carbonyl (C=O) groups excluding carboxylic acids is 1. The maximum absolute atomic E-state index is 14.3. The zero-order chi connectivity index (χ0) is 28.7. The topological polar surface area (TPSA) is 114 Å². The van der Waals surface area contributed by atoms with E-state index >= 15 is 0 Å². The molecule has 1 aliphatic heterocycles. The number of fused-ring (bicyclic) bond motifs is 3. The van der Waals surface area contributed by atoms with Gasteiger partial charge < -0.3 is 24.3 Å². The summed E-state index contributed by atoms with van der Waals surface area (Å²) in [5, 5.41) is 21.3. The Morgan fingerprint density at radius 2 is 1.93 bits per heavy atom. The van der Waals surface area contributed by atoms with Crippen molar-refractivity contribution in [2.75, 3.05) is 12.0 Å². The van der Waals surface area contributed by atoms with E-state index in [1.54, 1.807) is 16.7 Å². The molecule has 9 nitrogen and oxygen atoms in total. The quantitative estimate of drug-likeness (QED) is 0.404. The summed E-state index contributed by atoms with van der Waals surface area (Å²) < 4.78 is 51.9. The number of rotatable bonds is 6. The molecule has 5 rings (SSSR count). The fraction of sp³-hybridized carbons (Fsp3) is 0.464. The van der Waals surface area contributed by atoms with Crippen LogP contribution in [0.1, 0.15) is 68.1 Å². The fourth-order valence-electron chi connectivity index (χ4n) is 6.07. The van der Waals surface area contributed by atoms with Crippen molar-refractivity contribution in [2.24, 2.45) is 5.92 Å². The number of hydrogen-bond acceptors (Lipinski definition) is 6. The Labute approximate surface area is 228 Å². The lowest BCUT2D eigenvalue weighted by molar-refractivity contribution is -0.143. The van der Waals surface area contributed by atoms with Gasteiger partial charge in [0, 0.05) is 23.2 Å². The van der Waals surface area contributed by atoms with Crippen molar-refractivity contribution in [2.45, 2.75) is 70.2 Å². The highest BCUT2D eigenvalue weighted by Crippen LogP contribution is 2.43. The molecule has 1 fully saturated rings. The third-order valence-corrected chi connectivity index (χ3v) is 7.94. The van der Waals surface area contributed by atoms with Crippen molar-refractivity contribution in [3.05, 3.63) is 53.1 Å². The first-order valence-electron chi connectivity index (χ1n) is 13.2. The first-order valence-corrected chi connectivity index (χ1v) is 13.2. The number of aliphatic hydroxyl groups is 1. The van der Waals surface area contributed by atoms with E-state index in [0.717, 1.165) is 23.8 Å². The monoisotopic (exact) mass is 561 g/mol. The highest BCUT2D eigenvalue weighted by atomic mass is 19.3. The zero-order valence-corrected chi connectivity index (χ0v) is 22.0. The lowest BCUT2D eigenvalue weighted by atomic mass is 9.85. The predicted octanol–water partition coefficient (Wildman–Crippen LogP) is 5.58.